The zero-order valence-electron chi connectivity index (χ0n) is 19.5. The molecule has 2 aromatic rings. The number of H-pyrrole nitrogens is 1. The lowest BCUT2D eigenvalue weighted by Crippen LogP contribution is -2.42. The van der Waals surface area contributed by atoms with Crippen molar-refractivity contribution in [2.75, 3.05) is 35.2 Å². The van der Waals surface area contributed by atoms with Crippen molar-refractivity contribution in [1.29, 1.82) is 0 Å². The molecule has 2 amide bonds. The molecule has 10 heteroatoms. The Morgan fingerprint density at radius 2 is 1.82 bits per heavy atom. The predicted octanol–water partition coefficient (Wildman–Crippen LogP) is 2.49. The lowest BCUT2D eigenvalue weighted by atomic mass is 9.91. The Labute approximate surface area is 197 Å². The Morgan fingerprint density at radius 3 is 2.47 bits per heavy atom. The average molecular weight is 468 g/mol. The summed E-state index contributed by atoms with van der Waals surface area (Å²) in [5.74, 6) is -0.893. The molecule has 1 aromatic carbocycles. The number of aromatic amines is 1. The number of nitrogens with zero attached hydrogens (tertiary/aromatic N) is 2. The van der Waals surface area contributed by atoms with Crippen LogP contribution in [0.25, 0.3) is 0 Å². The van der Waals surface area contributed by atoms with Gasteiger partial charge in [0.05, 0.1) is 23.7 Å². The van der Waals surface area contributed by atoms with E-state index in [0.717, 1.165) is 19.5 Å². The van der Waals surface area contributed by atoms with Crippen LogP contribution in [0.2, 0.25) is 0 Å². The third-order valence-electron chi connectivity index (χ3n) is 6.09. The van der Waals surface area contributed by atoms with E-state index in [4.69, 9.17) is 4.74 Å². The molecule has 2 aliphatic rings. The lowest BCUT2D eigenvalue weighted by Gasteiger charge is -2.35. The molecule has 3 N–H and O–H groups in total. The molecule has 3 atom stereocenters. The summed E-state index contributed by atoms with van der Waals surface area (Å²) in [4.78, 5) is 59.6. The summed E-state index contributed by atoms with van der Waals surface area (Å²) in [6, 6.07) is 6.21. The van der Waals surface area contributed by atoms with Crippen LogP contribution in [-0.4, -0.2) is 47.4 Å². The number of piperidine rings is 1. The number of hydrogen-bond donors (Lipinski definition) is 3. The number of ether oxygens (including phenoxy) is 1. The highest BCUT2D eigenvalue weighted by atomic mass is 16.5. The number of aromatic nitrogens is 2. The molecule has 3 heterocycles. The third-order valence-corrected chi connectivity index (χ3v) is 6.09. The summed E-state index contributed by atoms with van der Waals surface area (Å²) >= 11 is 0. The number of carbonyl (C=O) groups excluding carboxylic acids is 3. The van der Waals surface area contributed by atoms with Gasteiger partial charge in [0.25, 0.3) is 5.56 Å². The fraction of sp³-hybridized carbons (Fsp3) is 0.458. The third kappa shape index (κ3) is 4.95. The van der Waals surface area contributed by atoms with Gasteiger partial charge in [-0.1, -0.05) is 13.8 Å². The number of hydrogen-bond acceptors (Lipinski definition) is 7. The first kappa shape index (κ1) is 23.5. The van der Waals surface area contributed by atoms with Crippen LogP contribution in [0.4, 0.5) is 17.5 Å². The van der Waals surface area contributed by atoms with E-state index in [1.807, 2.05) is 4.90 Å². The van der Waals surface area contributed by atoms with Crippen molar-refractivity contribution in [1.82, 2.24) is 9.97 Å². The molecule has 4 rings (SSSR count). The topological polar surface area (TPSA) is 133 Å². The number of fused-ring (bicyclic) bond motifs is 1. The summed E-state index contributed by atoms with van der Waals surface area (Å²) in [5.41, 5.74) is 0.491. The maximum Gasteiger partial charge on any atom is 0.338 e. The Bertz CT molecular complexity index is 1150. The molecule has 1 aromatic heterocycles. The summed E-state index contributed by atoms with van der Waals surface area (Å²) in [5, 5.41) is 5.38. The van der Waals surface area contributed by atoms with Crippen LogP contribution in [0.3, 0.4) is 0 Å². The van der Waals surface area contributed by atoms with E-state index < -0.39 is 23.4 Å². The van der Waals surface area contributed by atoms with E-state index in [1.165, 1.54) is 12.1 Å². The van der Waals surface area contributed by atoms with Crippen LogP contribution in [0, 0.1) is 11.8 Å². The molecule has 0 saturated carbocycles. The zero-order valence-corrected chi connectivity index (χ0v) is 19.5. The van der Waals surface area contributed by atoms with Crippen molar-refractivity contribution in [3.05, 3.63) is 45.7 Å². The van der Waals surface area contributed by atoms with E-state index in [1.54, 1.807) is 19.1 Å². The number of anilines is 3. The minimum atomic E-state index is -0.988. The Balaban J connectivity index is 1.56. The highest BCUT2D eigenvalue weighted by Gasteiger charge is 2.35. The van der Waals surface area contributed by atoms with Crippen LogP contribution in [0.5, 0.6) is 0 Å². The fourth-order valence-electron chi connectivity index (χ4n) is 4.70. The number of esters is 1. The molecular formula is C24H29N5O5. The quantitative estimate of drug-likeness (QED) is 0.575. The van der Waals surface area contributed by atoms with Crippen LogP contribution in [0.1, 0.15) is 55.5 Å². The maximum absolute atomic E-state index is 13.0. The van der Waals surface area contributed by atoms with Gasteiger partial charge in [0, 0.05) is 25.2 Å². The predicted molar refractivity (Wildman–Crippen MR) is 127 cm³/mol. The Hall–Kier alpha value is -3.69. The van der Waals surface area contributed by atoms with Crippen LogP contribution in [0.15, 0.2) is 29.1 Å². The van der Waals surface area contributed by atoms with Gasteiger partial charge in [-0.2, -0.15) is 4.98 Å². The molecule has 3 unspecified atom stereocenters. The van der Waals surface area contributed by atoms with E-state index in [9.17, 15) is 19.2 Å². The van der Waals surface area contributed by atoms with Crippen molar-refractivity contribution < 1.29 is 19.1 Å². The molecular weight excluding hydrogens is 438 g/mol. The molecule has 0 spiro atoms. The first-order valence-electron chi connectivity index (χ1n) is 11.5. The van der Waals surface area contributed by atoms with Gasteiger partial charge in [-0.25, -0.2) is 4.79 Å². The second kappa shape index (κ2) is 9.66. The van der Waals surface area contributed by atoms with Crippen LogP contribution >= 0.6 is 0 Å². The van der Waals surface area contributed by atoms with E-state index in [-0.39, 0.29) is 30.3 Å². The Morgan fingerprint density at radius 1 is 1.15 bits per heavy atom. The van der Waals surface area contributed by atoms with E-state index in [0.29, 0.717) is 29.0 Å². The molecule has 2 aliphatic heterocycles. The second-order valence-electron chi connectivity index (χ2n) is 9.09. The number of benzene rings is 1. The molecule has 34 heavy (non-hydrogen) atoms. The molecule has 1 fully saturated rings. The first-order valence-corrected chi connectivity index (χ1v) is 11.5. The summed E-state index contributed by atoms with van der Waals surface area (Å²) in [6.45, 7) is 7.80. The lowest BCUT2D eigenvalue weighted by molar-refractivity contribution is -0.123. The SMILES string of the molecule is CCOC(=O)c1ccc(NC(=O)C2CC(=O)Nc3nc(N4CC(C)CC(C)C4)[nH]c(=O)c32)cc1. The van der Waals surface area contributed by atoms with Gasteiger partial charge >= 0.3 is 5.97 Å². The maximum atomic E-state index is 13.0. The van der Waals surface area contributed by atoms with Crippen LogP contribution < -0.4 is 21.1 Å². The molecule has 0 aliphatic carbocycles. The summed E-state index contributed by atoms with van der Waals surface area (Å²) in [7, 11) is 0. The Kier molecular flexibility index (Phi) is 6.67. The second-order valence-corrected chi connectivity index (χ2v) is 9.09. The van der Waals surface area contributed by atoms with Gasteiger partial charge in [-0.3, -0.25) is 19.4 Å². The largest absolute Gasteiger partial charge is 0.462 e. The molecule has 0 bridgehead atoms. The highest BCUT2D eigenvalue weighted by molar-refractivity contribution is 6.04. The fourth-order valence-corrected chi connectivity index (χ4v) is 4.70. The van der Waals surface area contributed by atoms with Crippen LogP contribution in [-0.2, 0) is 14.3 Å². The normalized spacial score (nSPS) is 21.9. The monoisotopic (exact) mass is 467 g/mol. The molecule has 0 radical (unpaired) electrons. The van der Waals surface area contributed by atoms with Crippen molar-refractivity contribution in [3.63, 3.8) is 0 Å². The van der Waals surface area contributed by atoms with Gasteiger partial charge in [0.1, 0.15) is 5.82 Å². The van der Waals surface area contributed by atoms with Crippen molar-refractivity contribution in [2.24, 2.45) is 11.8 Å². The van der Waals surface area contributed by atoms with Crippen molar-refractivity contribution >= 4 is 35.2 Å². The minimum Gasteiger partial charge on any atom is -0.462 e. The zero-order chi connectivity index (χ0) is 24.4. The van der Waals surface area contributed by atoms with Gasteiger partial charge in [0.15, 0.2) is 0 Å². The summed E-state index contributed by atoms with van der Waals surface area (Å²) < 4.78 is 4.95. The number of nitrogens with one attached hydrogen (secondary N) is 3. The van der Waals surface area contributed by atoms with Gasteiger partial charge in [0.2, 0.25) is 17.8 Å². The smallest absolute Gasteiger partial charge is 0.338 e. The number of rotatable bonds is 5. The first-order chi connectivity index (χ1) is 16.2. The van der Waals surface area contributed by atoms with Crippen molar-refractivity contribution in [3.8, 4) is 0 Å². The van der Waals surface area contributed by atoms with Gasteiger partial charge in [-0.15, -0.1) is 0 Å². The highest BCUT2D eigenvalue weighted by Crippen LogP contribution is 2.31. The minimum absolute atomic E-state index is 0.124. The molecule has 1 saturated heterocycles. The number of amides is 2. The van der Waals surface area contributed by atoms with Gasteiger partial charge in [-0.05, 0) is 49.4 Å². The number of carbonyl (C=O) groups is 3. The average Bonchev–Trinajstić information content (AvgIpc) is 2.78. The van der Waals surface area contributed by atoms with E-state index in [2.05, 4.69) is 34.4 Å². The van der Waals surface area contributed by atoms with E-state index >= 15 is 0 Å². The van der Waals surface area contributed by atoms with Crippen molar-refractivity contribution in [2.45, 2.75) is 39.5 Å². The van der Waals surface area contributed by atoms with Gasteiger partial charge < -0.3 is 20.3 Å². The summed E-state index contributed by atoms with van der Waals surface area (Å²) in [6.07, 6.45) is 0.938. The molecule has 10 nitrogen and oxygen atoms in total. The molecule has 180 valence electrons. The standard InChI is InChI=1S/C24H29N5O5/c1-4-34-23(33)15-5-7-16(8-6-15)25-21(31)17-10-18(30)26-20-19(17)22(32)28-24(27-20)29-11-13(2)9-14(3)12-29/h5-8,13-14,17H,4,9-12H2,1-3H3,(H,25,31)(H2,26,27,28,30,32).